The van der Waals surface area contributed by atoms with Crippen LogP contribution in [0.4, 0.5) is 4.79 Å². The van der Waals surface area contributed by atoms with Crippen molar-refractivity contribution in [1.82, 2.24) is 0 Å². The molecule has 0 heterocycles. The number of benzene rings is 1. The SMILES string of the molecule is O=C(Oc1ccccc1)/I=I/Br. The molecule has 0 saturated heterocycles. The summed E-state index contributed by atoms with van der Waals surface area (Å²) in [4.78, 5) is 11.0. The van der Waals surface area contributed by atoms with E-state index < -0.39 is 16.6 Å². The molecule has 0 aliphatic carbocycles. The molecule has 1 rings (SSSR count). The Morgan fingerprint density at radius 1 is 1.33 bits per heavy atom. The molecule has 5 heteroatoms. The van der Waals surface area contributed by atoms with Crippen LogP contribution in [0.5, 0.6) is 5.75 Å². The van der Waals surface area contributed by atoms with Gasteiger partial charge in [0.2, 0.25) is 0 Å². The first-order chi connectivity index (χ1) is 5.83. The minimum absolute atomic E-state index is 0.0512. The van der Waals surface area contributed by atoms with Gasteiger partial charge in [0.25, 0.3) is 0 Å². The van der Waals surface area contributed by atoms with Gasteiger partial charge in [-0.2, -0.15) is 0 Å². The van der Waals surface area contributed by atoms with Crippen LogP contribution < -0.4 is 4.74 Å². The largest absolute Gasteiger partial charge is 0.419 e. The predicted octanol–water partition coefficient (Wildman–Crippen LogP) is 4.35. The highest BCUT2D eigenvalue weighted by atomic mass is 128. The maximum absolute atomic E-state index is 11.0. The molecule has 12 heavy (non-hydrogen) atoms. The summed E-state index contributed by atoms with van der Waals surface area (Å²) in [5, 5.41) is 0. The molecule has 0 aliphatic rings. The van der Waals surface area contributed by atoms with Crippen molar-refractivity contribution in [3.63, 3.8) is 0 Å². The standard InChI is InChI=1S/C7H5BrI2O2/c8-10-9-7(11)12-6-4-2-1-3-5-6/h1-5H. The van der Waals surface area contributed by atoms with E-state index in [4.69, 9.17) is 4.74 Å². The number of carbonyl (C=O) groups is 1. The third-order valence-electron chi connectivity index (χ3n) is 1.03. The predicted molar refractivity (Wildman–Crippen MR) is 69.4 cm³/mol. The average Bonchev–Trinajstić information content (AvgIpc) is 2.06. The van der Waals surface area contributed by atoms with E-state index in [0.717, 1.165) is 0 Å². The second kappa shape index (κ2) is 6.14. The molecule has 0 amide bonds. The summed E-state index contributed by atoms with van der Waals surface area (Å²) in [7, 11) is 0. The molecule has 0 bridgehead atoms. The Morgan fingerprint density at radius 3 is 2.58 bits per heavy atom. The highest BCUT2D eigenvalue weighted by molar-refractivity contribution is 14.9. The average molecular weight is 455 g/mol. The lowest BCUT2D eigenvalue weighted by molar-refractivity contribution is 0.230. The van der Waals surface area contributed by atoms with Gasteiger partial charge >= 0.3 is 3.98 Å². The molecule has 66 valence electrons. The van der Waals surface area contributed by atoms with Crippen molar-refractivity contribution in [2.24, 2.45) is 0 Å². The van der Waals surface area contributed by atoms with Gasteiger partial charge < -0.3 is 4.74 Å². The Morgan fingerprint density at radius 2 is 2.00 bits per heavy atom. The fourth-order valence-corrected chi connectivity index (χ4v) is 6.65. The molecule has 0 saturated carbocycles. The van der Waals surface area contributed by atoms with Gasteiger partial charge in [-0.05, 0) is 24.8 Å². The molecule has 1 aromatic carbocycles. The monoisotopic (exact) mass is 454 g/mol. The van der Waals surface area contributed by atoms with Crippen LogP contribution in [0.1, 0.15) is 0 Å². The topological polar surface area (TPSA) is 26.3 Å². The molecule has 0 atom stereocenters. The molecular formula is C7H5BrI2O2. The molecular weight excluding hydrogens is 450 g/mol. The lowest BCUT2D eigenvalue weighted by atomic mass is 10.3. The summed E-state index contributed by atoms with van der Waals surface area (Å²) >= 11 is 2.84. The smallest absolute Gasteiger partial charge is 0.372 e. The van der Waals surface area contributed by atoms with Gasteiger partial charge in [-0.1, -0.05) is 18.2 Å². The van der Waals surface area contributed by atoms with Crippen molar-refractivity contribution in [1.29, 1.82) is 0 Å². The summed E-state index contributed by atoms with van der Waals surface area (Å²) in [5.74, 6) is 0.646. The zero-order valence-corrected chi connectivity index (χ0v) is 11.7. The van der Waals surface area contributed by atoms with E-state index in [9.17, 15) is 4.79 Å². The Kier molecular flexibility index (Phi) is 5.48. The van der Waals surface area contributed by atoms with E-state index in [-0.39, 0.29) is 18.3 Å². The van der Waals surface area contributed by atoms with Gasteiger partial charge in [-0.15, -0.1) is 0 Å². The van der Waals surface area contributed by atoms with E-state index in [2.05, 4.69) is 12.7 Å². The Hall–Kier alpha value is 0.630. The summed E-state index contributed by atoms with van der Waals surface area (Å²) in [6.45, 7) is 0. The van der Waals surface area contributed by atoms with Crippen molar-refractivity contribution in [3.8, 4) is 5.75 Å². The molecule has 0 aliphatic heterocycles. The van der Waals surface area contributed by atoms with E-state index >= 15 is 0 Å². The van der Waals surface area contributed by atoms with Crippen molar-refractivity contribution in [3.05, 3.63) is 30.3 Å². The molecule has 2 nitrogen and oxygen atoms in total. The highest BCUT2D eigenvalue weighted by Crippen LogP contribution is 2.26. The second-order valence-corrected chi connectivity index (χ2v) is 18.4. The molecule has 0 fully saturated rings. The van der Waals surface area contributed by atoms with Crippen molar-refractivity contribution in [2.75, 3.05) is 0 Å². The normalized spacial score (nSPS) is 11.4. The summed E-state index contributed by atoms with van der Waals surface area (Å²) < 4.78 is 5.01. The minimum atomic E-state index is -0.395. The number of ether oxygens (including phenoxy) is 1. The zero-order chi connectivity index (χ0) is 8.81. The van der Waals surface area contributed by atoms with Crippen molar-refractivity contribution in [2.45, 2.75) is 0 Å². The first kappa shape index (κ1) is 10.7. The Bertz CT molecular complexity index is 287. The molecule has 0 unspecified atom stereocenters. The Labute approximate surface area is 92.1 Å². The first-order valence-corrected chi connectivity index (χ1v) is 15.2. The van der Waals surface area contributed by atoms with Gasteiger partial charge in [0, 0.05) is 14.4 Å². The van der Waals surface area contributed by atoms with E-state index in [1.54, 1.807) is 12.1 Å². The van der Waals surface area contributed by atoms with Crippen molar-refractivity contribution >= 4 is 47.6 Å². The van der Waals surface area contributed by atoms with E-state index in [1.807, 2.05) is 18.2 Å². The fourth-order valence-electron chi connectivity index (χ4n) is 0.618. The van der Waals surface area contributed by atoms with Crippen LogP contribution in [0.15, 0.2) is 30.3 Å². The van der Waals surface area contributed by atoms with E-state index in [1.165, 1.54) is 0 Å². The van der Waals surface area contributed by atoms with Crippen LogP contribution in [0.3, 0.4) is 0 Å². The fraction of sp³-hybridized carbons (Fsp3) is 0. The maximum Gasteiger partial charge on any atom is 0.372 e. The number of hydrogen-bond acceptors (Lipinski definition) is 2. The number of halogens is 3. The number of carbonyl (C=O) groups excluding carboxylic acids is 1. The Balaban J connectivity index is 2.59. The van der Waals surface area contributed by atoms with Crippen LogP contribution in [0, 0.1) is 0 Å². The van der Waals surface area contributed by atoms with Crippen LogP contribution in [0.2, 0.25) is 0 Å². The number of para-hydroxylation sites is 1. The van der Waals surface area contributed by atoms with Crippen LogP contribution in [-0.2, 0) is 0 Å². The van der Waals surface area contributed by atoms with Crippen LogP contribution in [-0.4, -0.2) is 3.98 Å². The van der Waals surface area contributed by atoms with Gasteiger partial charge in [0.1, 0.15) is 5.75 Å². The van der Waals surface area contributed by atoms with Gasteiger partial charge in [-0.3, -0.25) is 0 Å². The summed E-state index contributed by atoms with van der Waals surface area (Å²) in [6.07, 6.45) is 0. The third kappa shape index (κ3) is 4.04. The van der Waals surface area contributed by atoms with Gasteiger partial charge in [0.05, 0.1) is 16.6 Å². The molecule has 0 N–H and O–H groups in total. The molecule has 0 radical (unpaired) electrons. The zero-order valence-electron chi connectivity index (χ0n) is 5.84. The quantitative estimate of drug-likeness (QED) is 0.490. The van der Waals surface area contributed by atoms with E-state index in [0.29, 0.717) is 5.75 Å². The summed E-state index contributed by atoms with van der Waals surface area (Å²) in [5.41, 5.74) is 0. The second-order valence-electron chi connectivity index (χ2n) is 1.78. The van der Waals surface area contributed by atoms with Gasteiger partial charge in [0.15, 0.2) is 0 Å². The minimum Gasteiger partial charge on any atom is -0.419 e. The third-order valence-corrected chi connectivity index (χ3v) is 10.1. The lowest BCUT2D eigenvalue weighted by Crippen LogP contribution is -1.94. The summed E-state index contributed by atoms with van der Waals surface area (Å²) in [6, 6.07) is 9.17. The highest BCUT2D eigenvalue weighted by Gasteiger charge is 1.98. The number of rotatable bonds is 2. The van der Waals surface area contributed by atoms with Crippen LogP contribution >= 0.6 is 43.7 Å². The van der Waals surface area contributed by atoms with Gasteiger partial charge in [-0.25, -0.2) is 4.79 Å². The first-order valence-electron chi connectivity index (χ1n) is 3.00. The van der Waals surface area contributed by atoms with Crippen LogP contribution in [0.25, 0.3) is 0 Å². The molecule has 0 aromatic heterocycles. The molecule has 1 aromatic rings. The van der Waals surface area contributed by atoms with Crippen molar-refractivity contribution < 1.29 is 9.53 Å². The lowest BCUT2D eigenvalue weighted by Gasteiger charge is -1.97. The molecule has 0 spiro atoms. The number of hydrogen-bond donors (Lipinski definition) is 0. The maximum atomic E-state index is 11.0.